The maximum Gasteiger partial charge on any atom is 0.335 e. The van der Waals surface area contributed by atoms with Gasteiger partial charge in [-0.3, -0.25) is 0 Å². The fourth-order valence-electron chi connectivity index (χ4n) is 2.70. The topological polar surface area (TPSA) is 148 Å². The van der Waals surface area contributed by atoms with Crippen molar-refractivity contribution in [2.45, 2.75) is 38.1 Å². The van der Waals surface area contributed by atoms with E-state index in [1.165, 1.54) is 0 Å². The summed E-state index contributed by atoms with van der Waals surface area (Å²) >= 11 is 0. The summed E-state index contributed by atoms with van der Waals surface area (Å²) in [5.41, 5.74) is 0.123. The molecule has 28 heavy (non-hydrogen) atoms. The molecule has 0 saturated heterocycles. The highest BCUT2D eigenvalue weighted by Crippen LogP contribution is 2.34. The second kappa shape index (κ2) is 11.6. The van der Waals surface area contributed by atoms with Crippen LogP contribution in [0.15, 0.2) is 24.3 Å². The normalized spacial score (nSPS) is 16.2. The van der Waals surface area contributed by atoms with Crippen molar-refractivity contribution in [3.8, 4) is 5.75 Å². The molecule has 1 rings (SSSR count). The zero-order valence-corrected chi connectivity index (χ0v) is 16.9. The van der Waals surface area contributed by atoms with Gasteiger partial charge in [0.1, 0.15) is 5.75 Å². The van der Waals surface area contributed by atoms with E-state index in [1.807, 2.05) is 45.3 Å². The van der Waals surface area contributed by atoms with Crippen LogP contribution in [0.25, 0.3) is 0 Å². The molecule has 0 spiro atoms. The Morgan fingerprint density at radius 2 is 1.64 bits per heavy atom. The molecular formula is C19H31NO8. The van der Waals surface area contributed by atoms with Gasteiger partial charge in [-0.2, -0.15) is 0 Å². The van der Waals surface area contributed by atoms with Gasteiger partial charge >= 0.3 is 11.9 Å². The van der Waals surface area contributed by atoms with Crippen molar-refractivity contribution in [3.05, 3.63) is 29.8 Å². The van der Waals surface area contributed by atoms with Gasteiger partial charge in [-0.15, -0.1) is 0 Å². The first kappa shape index (κ1) is 25.8. The Hall–Kier alpha value is -2.20. The largest absolute Gasteiger partial charge is 0.497 e. The molecular weight excluding hydrogens is 370 g/mol. The second-order valence-corrected chi connectivity index (χ2v) is 6.74. The van der Waals surface area contributed by atoms with Crippen LogP contribution in [0.5, 0.6) is 5.75 Å². The first-order valence-corrected chi connectivity index (χ1v) is 8.74. The number of carboxylic acid groups (broad SMARTS) is 2. The monoisotopic (exact) mass is 401 g/mol. The number of carbonyl (C=O) groups is 2. The number of hydrogen-bond acceptors (Lipinski definition) is 7. The third kappa shape index (κ3) is 7.43. The molecule has 0 amide bonds. The Morgan fingerprint density at radius 1 is 1.14 bits per heavy atom. The predicted molar refractivity (Wildman–Crippen MR) is 102 cm³/mol. The lowest BCUT2D eigenvalue weighted by atomic mass is 9.80. The molecule has 0 aliphatic heterocycles. The molecule has 1 aromatic carbocycles. The standard InChI is InChI=1S/C15H25NO2.C4H6O6/c1-6-15(17,12(2)11-16(3)4)13-8-7-9-14(10-13)18-5;5-1(3(7)8)2(6)4(9)10/h7-10,12,17H,6,11H2,1-5H3;1-2,5-6H,(H,7,8)(H,9,10)/t12-,15+;/m1./s1. The van der Waals surface area contributed by atoms with Gasteiger partial charge in [-0.25, -0.2) is 9.59 Å². The molecule has 0 saturated carbocycles. The average Bonchev–Trinajstić information content (AvgIpc) is 2.65. The van der Waals surface area contributed by atoms with Crippen molar-refractivity contribution >= 4 is 11.9 Å². The first-order valence-electron chi connectivity index (χ1n) is 8.74. The second-order valence-electron chi connectivity index (χ2n) is 6.74. The molecule has 0 bridgehead atoms. The minimum Gasteiger partial charge on any atom is -0.497 e. The number of aliphatic hydroxyl groups is 3. The molecule has 0 aromatic heterocycles. The Morgan fingerprint density at radius 3 is 2.00 bits per heavy atom. The molecule has 2 unspecified atom stereocenters. The summed E-state index contributed by atoms with van der Waals surface area (Å²) < 4.78 is 5.23. The SMILES string of the molecule is CC[C@@](O)(c1cccc(OC)c1)[C@H](C)CN(C)C.O=C(O)C(O)C(O)C(=O)O. The number of rotatable bonds is 9. The van der Waals surface area contributed by atoms with E-state index in [-0.39, 0.29) is 5.92 Å². The van der Waals surface area contributed by atoms with Crippen molar-refractivity contribution in [2.24, 2.45) is 5.92 Å². The van der Waals surface area contributed by atoms with Crippen molar-refractivity contribution in [3.63, 3.8) is 0 Å². The van der Waals surface area contributed by atoms with Gasteiger partial charge in [0.2, 0.25) is 0 Å². The van der Waals surface area contributed by atoms with Crippen LogP contribution >= 0.6 is 0 Å². The lowest BCUT2D eigenvalue weighted by Crippen LogP contribution is -2.39. The van der Waals surface area contributed by atoms with Crippen LogP contribution in [0.1, 0.15) is 25.8 Å². The number of ether oxygens (including phenoxy) is 1. The highest BCUT2D eigenvalue weighted by molar-refractivity contribution is 5.83. The van der Waals surface area contributed by atoms with Crippen LogP contribution in [-0.4, -0.2) is 82.3 Å². The number of aliphatic hydroxyl groups excluding tert-OH is 2. The van der Waals surface area contributed by atoms with Crippen molar-refractivity contribution in [1.29, 1.82) is 0 Å². The summed E-state index contributed by atoms with van der Waals surface area (Å²) in [6.45, 7) is 4.95. The number of aliphatic carboxylic acids is 2. The molecule has 0 aliphatic carbocycles. The Balaban J connectivity index is 0.000000621. The van der Waals surface area contributed by atoms with Gasteiger partial charge in [0.05, 0.1) is 12.7 Å². The van der Waals surface area contributed by atoms with Gasteiger partial charge in [0.15, 0.2) is 12.2 Å². The number of methoxy groups -OCH3 is 1. The molecule has 1 aromatic rings. The van der Waals surface area contributed by atoms with Gasteiger partial charge < -0.3 is 35.2 Å². The van der Waals surface area contributed by atoms with E-state index in [2.05, 4.69) is 11.8 Å². The fraction of sp³-hybridized carbons (Fsp3) is 0.579. The maximum atomic E-state index is 10.9. The van der Waals surface area contributed by atoms with E-state index < -0.39 is 29.7 Å². The minimum absolute atomic E-state index is 0.157. The lowest BCUT2D eigenvalue weighted by molar-refractivity contribution is -0.165. The molecule has 5 N–H and O–H groups in total. The maximum absolute atomic E-state index is 10.9. The lowest BCUT2D eigenvalue weighted by Gasteiger charge is -2.35. The zero-order valence-electron chi connectivity index (χ0n) is 16.9. The Labute approximate surface area is 164 Å². The molecule has 0 radical (unpaired) electrons. The number of nitrogens with zero attached hydrogens (tertiary/aromatic N) is 1. The van der Waals surface area contributed by atoms with Gasteiger partial charge in [-0.05, 0) is 38.2 Å². The number of carboxylic acids is 2. The van der Waals surface area contributed by atoms with E-state index in [4.69, 9.17) is 25.2 Å². The van der Waals surface area contributed by atoms with Crippen LogP contribution in [0.4, 0.5) is 0 Å². The van der Waals surface area contributed by atoms with Crippen LogP contribution < -0.4 is 4.74 Å². The third-order valence-corrected chi connectivity index (χ3v) is 4.37. The number of hydrogen-bond donors (Lipinski definition) is 5. The molecule has 9 heteroatoms. The zero-order chi connectivity index (χ0) is 22.1. The fourth-order valence-corrected chi connectivity index (χ4v) is 2.70. The Kier molecular flexibility index (Phi) is 10.7. The highest BCUT2D eigenvalue weighted by atomic mass is 16.5. The van der Waals surface area contributed by atoms with Crippen molar-refractivity contribution in [2.75, 3.05) is 27.7 Å². The number of benzene rings is 1. The molecule has 0 fully saturated rings. The summed E-state index contributed by atoms with van der Waals surface area (Å²) in [6, 6.07) is 7.72. The van der Waals surface area contributed by atoms with E-state index in [0.29, 0.717) is 6.42 Å². The van der Waals surface area contributed by atoms with E-state index in [9.17, 15) is 14.7 Å². The summed E-state index contributed by atoms with van der Waals surface area (Å²) in [4.78, 5) is 21.6. The van der Waals surface area contributed by atoms with Gasteiger partial charge in [0, 0.05) is 12.5 Å². The first-order chi connectivity index (χ1) is 12.9. The molecule has 160 valence electrons. The molecule has 4 atom stereocenters. The molecule has 9 nitrogen and oxygen atoms in total. The smallest absolute Gasteiger partial charge is 0.335 e. The minimum atomic E-state index is -2.27. The summed E-state index contributed by atoms with van der Waals surface area (Å²) in [5.74, 6) is -2.59. The summed E-state index contributed by atoms with van der Waals surface area (Å²) in [7, 11) is 5.70. The summed E-state index contributed by atoms with van der Waals surface area (Å²) in [5, 5.41) is 43.5. The van der Waals surface area contributed by atoms with Crippen molar-refractivity contribution < 1.29 is 39.9 Å². The van der Waals surface area contributed by atoms with E-state index >= 15 is 0 Å². The Bertz CT molecular complexity index is 618. The highest BCUT2D eigenvalue weighted by Gasteiger charge is 2.34. The van der Waals surface area contributed by atoms with E-state index in [0.717, 1.165) is 17.9 Å². The van der Waals surface area contributed by atoms with Crippen LogP contribution in [0.2, 0.25) is 0 Å². The molecule has 0 aliphatic rings. The third-order valence-electron chi connectivity index (χ3n) is 4.37. The average molecular weight is 401 g/mol. The van der Waals surface area contributed by atoms with E-state index in [1.54, 1.807) is 7.11 Å². The predicted octanol–water partition coefficient (Wildman–Crippen LogP) is 0.368. The quantitative estimate of drug-likeness (QED) is 0.396. The van der Waals surface area contributed by atoms with Crippen LogP contribution in [-0.2, 0) is 15.2 Å². The molecule has 0 heterocycles. The van der Waals surface area contributed by atoms with Crippen LogP contribution in [0.3, 0.4) is 0 Å². The summed E-state index contributed by atoms with van der Waals surface area (Å²) in [6.07, 6.45) is -3.84. The van der Waals surface area contributed by atoms with Crippen LogP contribution in [0, 0.1) is 5.92 Å². The van der Waals surface area contributed by atoms with Gasteiger partial charge in [-0.1, -0.05) is 26.0 Å². The van der Waals surface area contributed by atoms with Gasteiger partial charge in [0.25, 0.3) is 0 Å². The van der Waals surface area contributed by atoms with Crippen molar-refractivity contribution in [1.82, 2.24) is 4.90 Å².